The summed E-state index contributed by atoms with van der Waals surface area (Å²) >= 11 is 0. The Balaban J connectivity index is 1.74. The molecule has 0 saturated carbocycles. The molecule has 1 fully saturated rings. The number of carbonyl (C=O) groups is 1. The van der Waals surface area contributed by atoms with Gasteiger partial charge < -0.3 is 10.1 Å². The number of ether oxygens (including phenoxy) is 1. The van der Waals surface area contributed by atoms with Crippen LogP contribution in [0.1, 0.15) is 34.6 Å². The zero-order valence-electron chi connectivity index (χ0n) is 13.6. The molecule has 0 spiro atoms. The van der Waals surface area contributed by atoms with E-state index >= 15 is 0 Å². The van der Waals surface area contributed by atoms with Crippen LogP contribution in [0.15, 0.2) is 24.3 Å². The van der Waals surface area contributed by atoms with Crippen LogP contribution >= 0.6 is 0 Å². The maximum atomic E-state index is 13.0. The van der Waals surface area contributed by atoms with Gasteiger partial charge >= 0.3 is 6.18 Å². The molecule has 1 amide bonds. The number of hydrogen-bond acceptors (Lipinski definition) is 3. The van der Waals surface area contributed by atoms with Crippen molar-refractivity contribution in [2.45, 2.75) is 32.0 Å². The molecule has 0 radical (unpaired) electrons. The van der Waals surface area contributed by atoms with Gasteiger partial charge in [0.05, 0.1) is 6.10 Å². The van der Waals surface area contributed by atoms with Gasteiger partial charge in [-0.3, -0.25) is 9.89 Å². The Labute approximate surface area is 142 Å². The quantitative estimate of drug-likeness (QED) is 0.886. The number of halogens is 3. The smallest absolute Gasteiger partial charge is 0.376 e. The number of amides is 1. The van der Waals surface area contributed by atoms with E-state index in [0.29, 0.717) is 30.0 Å². The van der Waals surface area contributed by atoms with Crippen molar-refractivity contribution in [2.75, 3.05) is 13.2 Å². The van der Waals surface area contributed by atoms with Gasteiger partial charge in [0.2, 0.25) is 0 Å². The number of carbonyl (C=O) groups excluding carboxylic acids is 1. The van der Waals surface area contributed by atoms with Crippen molar-refractivity contribution in [3.63, 3.8) is 0 Å². The van der Waals surface area contributed by atoms with E-state index in [2.05, 4.69) is 15.5 Å². The first-order valence-corrected chi connectivity index (χ1v) is 7.98. The Kier molecular flexibility index (Phi) is 4.80. The van der Waals surface area contributed by atoms with Crippen molar-refractivity contribution in [3.05, 3.63) is 41.2 Å². The molecule has 25 heavy (non-hydrogen) atoms. The predicted octanol–water partition coefficient (Wildman–Crippen LogP) is 3.31. The SMILES string of the molecule is Cc1[nH]nc(C(F)(F)F)c1-c1ccc(C(=O)NC[C@H]2CCCO2)cc1. The van der Waals surface area contributed by atoms with Gasteiger partial charge in [-0.2, -0.15) is 18.3 Å². The fourth-order valence-electron chi connectivity index (χ4n) is 2.89. The molecule has 2 N–H and O–H groups in total. The summed E-state index contributed by atoms with van der Waals surface area (Å²) in [4.78, 5) is 12.1. The number of hydrogen-bond donors (Lipinski definition) is 2. The van der Waals surface area contributed by atoms with Crippen LogP contribution in [0, 0.1) is 6.92 Å². The van der Waals surface area contributed by atoms with Gasteiger partial charge in [0.25, 0.3) is 5.91 Å². The molecule has 1 aliphatic heterocycles. The number of H-pyrrole nitrogens is 1. The molecule has 1 atom stereocenters. The van der Waals surface area contributed by atoms with Crippen molar-refractivity contribution in [2.24, 2.45) is 0 Å². The third-order valence-corrected chi connectivity index (χ3v) is 4.17. The van der Waals surface area contributed by atoms with Crippen LogP contribution < -0.4 is 5.32 Å². The molecule has 5 nitrogen and oxygen atoms in total. The summed E-state index contributed by atoms with van der Waals surface area (Å²) in [6.45, 7) is 2.67. The Morgan fingerprint density at radius 1 is 1.36 bits per heavy atom. The van der Waals surface area contributed by atoms with E-state index in [-0.39, 0.29) is 17.6 Å². The largest absolute Gasteiger partial charge is 0.435 e. The first kappa shape index (κ1) is 17.5. The molecule has 1 aromatic carbocycles. The fraction of sp³-hybridized carbons (Fsp3) is 0.412. The summed E-state index contributed by atoms with van der Waals surface area (Å²) in [5, 5.41) is 8.50. The number of benzene rings is 1. The minimum absolute atomic E-state index is 0.00110. The van der Waals surface area contributed by atoms with Crippen molar-refractivity contribution in [1.82, 2.24) is 15.5 Å². The van der Waals surface area contributed by atoms with Crippen LogP contribution in [0.3, 0.4) is 0 Å². The molecule has 2 aromatic rings. The van der Waals surface area contributed by atoms with Crippen LogP contribution in [-0.4, -0.2) is 35.4 Å². The van der Waals surface area contributed by atoms with E-state index < -0.39 is 11.9 Å². The third kappa shape index (κ3) is 3.84. The summed E-state index contributed by atoms with van der Waals surface area (Å²) in [7, 11) is 0. The Hall–Kier alpha value is -2.35. The predicted molar refractivity (Wildman–Crippen MR) is 85.1 cm³/mol. The van der Waals surface area contributed by atoms with Crippen molar-refractivity contribution >= 4 is 5.91 Å². The van der Waals surface area contributed by atoms with E-state index in [1.54, 1.807) is 0 Å². The van der Waals surface area contributed by atoms with Crippen LogP contribution in [0.25, 0.3) is 11.1 Å². The molecule has 0 aliphatic carbocycles. The van der Waals surface area contributed by atoms with Gasteiger partial charge in [0, 0.05) is 30.0 Å². The molecule has 1 aromatic heterocycles. The topological polar surface area (TPSA) is 67.0 Å². The third-order valence-electron chi connectivity index (χ3n) is 4.17. The van der Waals surface area contributed by atoms with Crippen LogP contribution in [0.2, 0.25) is 0 Å². The van der Waals surface area contributed by atoms with Gasteiger partial charge in [-0.15, -0.1) is 0 Å². The number of rotatable bonds is 4. The summed E-state index contributed by atoms with van der Waals surface area (Å²) in [6.07, 6.45) is -2.61. The standard InChI is InChI=1S/C17H18F3N3O2/c1-10-14(15(23-22-10)17(18,19)20)11-4-6-12(7-5-11)16(24)21-9-13-3-2-8-25-13/h4-7,13H,2-3,8-9H2,1H3,(H,21,24)(H,22,23)/t13-/m1/s1. The minimum atomic E-state index is -4.54. The van der Waals surface area contributed by atoms with Crippen LogP contribution in [0.5, 0.6) is 0 Å². The summed E-state index contributed by atoms with van der Waals surface area (Å²) in [5.41, 5.74) is 0.105. The molecule has 3 rings (SSSR count). The lowest BCUT2D eigenvalue weighted by atomic mass is 10.0. The minimum Gasteiger partial charge on any atom is -0.376 e. The molecule has 0 unspecified atom stereocenters. The molecule has 134 valence electrons. The van der Waals surface area contributed by atoms with Crippen molar-refractivity contribution in [1.29, 1.82) is 0 Å². The lowest BCUT2D eigenvalue weighted by Crippen LogP contribution is -2.31. The zero-order chi connectivity index (χ0) is 18.0. The second kappa shape index (κ2) is 6.87. The van der Waals surface area contributed by atoms with Crippen LogP contribution in [0.4, 0.5) is 13.2 Å². The average molecular weight is 353 g/mol. The highest BCUT2D eigenvalue weighted by atomic mass is 19.4. The van der Waals surface area contributed by atoms with Crippen LogP contribution in [-0.2, 0) is 10.9 Å². The Morgan fingerprint density at radius 2 is 2.08 bits per heavy atom. The lowest BCUT2D eigenvalue weighted by molar-refractivity contribution is -0.140. The summed E-state index contributed by atoms with van der Waals surface area (Å²) < 4.78 is 44.6. The number of aryl methyl sites for hydroxylation is 1. The Bertz CT molecular complexity index is 747. The first-order valence-electron chi connectivity index (χ1n) is 7.98. The number of aromatic amines is 1. The van der Waals surface area contributed by atoms with E-state index in [1.807, 2.05) is 0 Å². The maximum Gasteiger partial charge on any atom is 0.435 e. The molecule has 2 heterocycles. The van der Waals surface area contributed by atoms with Crippen molar-refractivity contribution in [3.8, 4) is 11.1 Å². The highest BCUT2D eigenvalue weighted by molar-refractivity contribution is 5.94. The normalized spacial score (nSPS) is 17.7. The lowest BCUT2D eigenvalue weighted by Gasteiger charge is -2.11. The molecule has 1 saturated heterocycles. The van der Waals surface area contributed by atoms with Gasteiger partial charge in [-0.1, -0.05) is 12.1 Å². The highest BCUT2D eigenvalue weighted by Gasteiger charge is 2.37. The molecular formula is C17H18F3N3O2. The summed E-state index contributed by atoms with van der Waals surface area (Å²) in [6, 6.07) is 6.00. The number of aromatic nitrogens is 2. The van der Waals surface area contributed by atoms with Gasteiger partial charge in [-0.05, 0) is 37.5 Å². The number of nitrogens with zero attached hydrogens (tertiary/aromatic N) is 1. The average Bonchev–Trinajstić information content (AvgIpc) is 3.21. The van der Waals surface area contributed by atoms with E-state index in [4.69, 9.17) is 4.74 Å². The second-order valence-electron chi connectivity index (χ2n) is 5.99. The van der Waals surface area contributed by atoms with Gasteiger partial charge in [0.15, 0.2) is 5.69 Å². The number of nitrogens with one attached hydrogen (secondary N) is 2. The van der Waals surface area contributed by atoms with E-state index in [0.717, 1.165) is 12.8 Å². The van der Waals surface area contributed by atoms with Gasteiger partial charge in [-0.25, -0.2) is 0 Å². The molecule has 1 aliphatic rings. The monoisotopic (exact) mass is 353 g/mol. The Morgan fingerprint density at radius 3 is 2.68 bits per heavy atom. The molecular weight excluding hydrogens is 335 g/mol. The fourth-order valence-corrected chi connectivity index (χ4v) is 2.89. The number of alkyl halides is 3. The molecule has 8 heteroatoms. The van der Waals surface area contributed by atoms with E-state index in [9.17, 15) is 18.0 Å². The zero-order valence-corrected chi connectivity index (χ0v) is 13.6. The van der Waals surface area contributed by atoms with Crippen molar-refractivity contribution < 1.29 is 22.7 Å². The maximum absolute atomic E-state index is 13.0. The van der Waals surface area contributed by atoms with E-state index in [1.165, 1.54) is 31.2 Å². The van der Waals surface area contributed by atoms with Gasteiger partial charge in [0.1, 0.15) is 0 Å². The first-order chi connectivity index (χ1) is 11.9. The molecule has 0 bridgehead atoms. The summed E-state index contributed by atoms with van der Waals surface area (Å²) in [5.74, 6) is -0.276. The second-order valence-corrected chi connectivity index (χ2v) is 5.99. The highest BCUT2D eigenvalue weighted by Crippen LogP contribution is 2.37.